The first kappa shape index (κ1) is 13.6. The summed E-state index contributed by atoms with van der Waals surface area (Å²) >= 11 is 12.1. The van der Waals surface area contributed by atoms with E-state index in [1.807, 2.05) is 19.2 Å². The Morgan fingerprint density at radius 2 is 2.12 bits per heavy atom. The molecule has 0 saturated heterocycles. The summed E-state index contributed by atoms with van der Waals surface area (Å²) in [5.41, 5.74) is 2.29. The zero-order chi connectivity index (χ0) is 12.1. The maximum atomic E-state index is 6.18. The average Bonchev–Trinajstić information content (AvgIpc) is 2.26. The molecule has 16 heavy (non-hydrogen) atoms. The summed E-state index contributed by atoms with van der Waals surface area (Å²) in [5, 5.41) is 4.62. The fourth-order valence-corrected chi connectivity index (χ4v) is 2.12. The summed E-state index contributed by atoms with van der Waals surface area (Å²) in [6.45, 7) is 6.13. The summed E-state index contributed by atoms with van der Waals surface area (Å²) in [7, 11) is 1.93. The molecule has 0 fully saturated rings. The molecule has 1 unspecified atom stereocenters. The van der Waals surface area contributed by atoms with Crippen molar-refractivity contribution in [3.05, 3.63) is 46.0 Å². The standard InChI is InChI=1S/C13H17Cl2N/c1-4-9(2)7-13(16-3)11-6-5-10(14)8-12(11)15/h5-6,8,13,16H,2,4,7H2,1,3H3. The van der Waals surface area contributed by atoms with Gasteiger partial charge in [0.25, 0.3) is 0 Å². The van der Waals surface area contributed by atoms with E-state index in [1.165, 1.54) is 5.57 Å². The number of rotatable bonds is 5. The lowest BCUT2D eigenvalue weighted by molar-refractivity contribution is 0.583. The van der Waals surface area contributed by atoms with Crippen LogP contribution in [0.1, 0.15) is 31.4 Å². The van der Waals surface area contributed by atoms with Crippen molar-refractivity contribution < 1.29 is 0 Å². The molecule has 1 rings (SSSR count). The van der Waals surface area contributed by atoms with Gasteiger partial charge in [-0.3, -0.25) is 0 Å². The molecule has 1 N–H and O–H groups in total. The van der Waals surface area contributed by atoms with E-state index in [4.69, 9.17) is 23.2 Å². The van der Waals surface area contributed by atoms with Crippen LogP contribution in [0.25, 0.3) is 0 Å². The van der Waals surface area contributed by atoms with Crippen LogP contribution < -0.4 is 5.32 Å². The fraction of sp³-hybridized carbons (Fsp3) is 0.385. The Balaban J connectivity index is 2.90. The fourth-order valence-electron chi connectivity index (χ4n) is 1.58. The van der Waals surface area contributed by atoms with Gasteiger partial charge in [-0.15, -0.1) is 0 Å². The summed E-state index contributed by atoms with van der Waals surface area (Å²) in [4.78, 5) is 0. The Hall–Kier alpha value is -0.500. The van der Waals surface area contributed by atoms with Crippen LogP contribution >= 0.6 is 23.2 Å². The molecule has 0 bridgehead atoms. The topological polar surface area (TPSA) is 12.0 Å². The predicted octanol–water partition coefficient (Wildman–Crippen LogP) is 4.61. The quantitative estimate of drug-likeness (QED) is 0.760. The van der Waals surface area contributed by atoms with Crippen molar-refractivity contribution in [3.8, 4) is 0 Å². The van der Waals surface area contributed by atoms with Gasteiger partial charge in [0.1, 0.15) is 0 Å². The van der Waals surface area contributed by atoms with Gasteiger partial charge in [-0.05, 0) is 37.6 Å². The van der Waals surface area contributed by atoms with E-state index in [-0.39, 0.29) is 6.04 Å². The Bertz CT molecular complexity index is 374. The van der Waals surface area contributed by atoms with Crippen molar-refractivity contribution in [2.45, 2.75) is 25.8 Å². The smallest absolute Gasteiger partial charge is 0.0468 e. The third-order valence-electron chi connectivity index (χ3n) is 2.68. The second-order valence-electron chi connectivity index (χ2n) is 3.81. The van der Waals surface area contributed by atoms with Gasteiger partial charge in [0, 0.05) is 16.1 Å². The summed E-state index contributed by atoms with van der Waals surface area (Å²) in [5.74, 6) is 0. The van der Waals surface area contributed by atoms with Gasteiger partial charge < -0.3 is 5.32 Å². The van der Waals surface area contributed by atoms with Crippen LogP contribution in [0.2, 0.25) is 10.0 Å². The zero-order valence-electron chi connectivity index (χ0n) is 9.69. The van der Waals surface area contributed by atoms with Gasteiger partial charge in [0.05, 0.1) is 0 Å². The molecule has 0 spiro atoms. The summed E-state index contributed by atoms with van der Waals surface area (Å²) in [6, 6.07) is 5.81. The highest BCUT2D eigenvalue weighted by atomic mass is 35.5. The normalized spacial score (nSPS) is 12.5. The van der Waals surface area contributed by atoms with Crippen molar-refractivity contribution >= 4 is 23.2 Å². The van der Waals surface area contributed by atoms with Crippen LogP contribution in [0, 0.1) is 0 Å². The molecule has 1 nitrogen and oxygen atoms in total. The van der Waals surface area contributed by atoms with Gasteiger partial charge in [-0.25, -0.2) is 0 Å². The van der Waals surface area contributed by atoms with E-state index in [0.717, 1.165) is 18.4 Å². The second kappa shape index (κ2) is 6.29. The number of hydrogen-bond donors (Lipinski definition) is 1. The molecule has 0 heterocycles. The first-order valence-corrected chi connectivity index (χ1v) is 6.13. The highest BCUT2D eigenvalue weighted by molar-refractivity contribution is 6.35. The molecule has 0 aliphatic heterocycles. The van der Waals surface area contributed by atoms with Crippen molar-refractivity contribution in [3.63, 3.8) is 0 Å². The minimum atomic E-state index is 0.206. The van der Waals surface area contributed by atoms with E-state index in [0.29, 0.717) is 10.0 Å². The Morgan fingerprint density at radius 3 is 2.62 bits per heavy atom. The third-order valence-corrected chi connectivity index (χ3v) is 3.24. The monoisotopic (exact) mass is 257 g/mol. The number of benzene rings is 1. The van der Waals surface area contributed by atoms with E-state index in [9.17, 15) is 0 Å². The van der Waals surface area contributed by atoms with E-state index in [2.05, 4.69) is 18.8 Å². The van der Waals surface area contributed by atoms with Gasteiger partial charge in [-0.1, -0.05) is 48.3 Å². The Morgan fingerprint density at radius 1 is 1.44 bits per heavy atom. The van der Waals surface area contributed by atoms with Crippen LogP contribution in [-0.4, -0.2) is 7.05 Å². The van der Waals surface area contributed by atoms with Gasteiger partial charge in [0.2, 0.25) is 0 Å². The number of nitrogens with one attached hydrogen (secondary N) is 1. The molecule has 1 atom stereocenters. The SMILES string of the molecule is C=C(CC)CC(NC)c1ccc(Cl)cc1Cl. The van der Waals surface area contributed by atoms with Gasteiger partial charge >= 0.3 is 0 Å². The molecule has 0 saturated carbocycles. The Labute approximate surface area is 107 Å². The number of halogens is 2. The lowest BCUT2D eigenvalue weighted by atomic mass is 9.98. The van der Waals surface area contributed by atoms with Crippen molar-refractivity contribution in [1.82, 2.24) is 5.32 Å². The van der Waals surface area contributed by atoms with Crippen LogP contribution in [0.4, 0.5) is 0 Å². The molecule has 0 amide bonds. The average molecular weight is 258 g/mol. The minimum Gasteiger partial charge on any atom is -0.313 e. The highest BCUT2D eigenvalue weighted by Crippen LogP contribution is 2.29. The molecule has 0 aromatic heterocycles. The van der Waals surface area contributed by atoms with E-state index >= 15 is 0 Å². The molecule has 1 aromatic carbocycles. The first-order chi connectivity index (χ1) is 7.58. The van der Waals surface area contributed by atoms with Crippen molar-refractivity contribution in [1.29, 1.82) is 0 Å². The molecular formula is C13H17Cl2N. The molecule has 0 radical (unpaired) electrons. The zero-order valence-corrected chi connectivity index (χ0v) is 11.2. The summed E-state index contributed by atoms with van der Waals surface area (Å²) < 4.78 is 0. The molecule has 1 aromatic rings. The Kier molecular flexibility index (Phi) is 5.33. The second-order valence-corrected chi connectivity index (χ2v) is 4.66. The molecular weight excluding hydrogens is 241 g/mol. The van der Waals surface area contributed by atoms with Crippen LogP contribution in [-0.2, 0) is 0 Å². The van der Waals surface area contributed by atoms with Crippen LogP contribution in [0.5, 0.6) is 0 Å². The minimum absolute atomic E-state index is 0.206. The van der Waals surface area contributed by atoms with Crippen LogP contribution in [0.3, 0.4) is 0 Å². The van der Waals surface area contributed by atoms with Crippen LogP contribution in [0.15, 0.2) is 30.4 Å². The first-order valence-electron chi connectivity index (χ1n) is 5.37. The highest BCUT2D eigenvalue weighted by Gasteiger charge is 2.13. The van der Waals surface area contributed by atoms with Gasteiger partial charge in [0.15, 0.2) is 0 Å². The lowest BCUT2D eigenvalue weighted by Gasteiger charge is -2.19. The summed E-state index contributed by atoms with van der Waals surface area (Å²) in [6.07, 6.45) is 1.89. The predicted molar refractivity (Wildman–Crippen MR) is 72.3 cm³/mol. The number of hydrogen-bond acceptors (Lipinski definition) is 1. The molecule has 0 aliphatic carbocycles. The van der Waals surface area contributed by atoms with Crippen molar-refractivity contribution in [2.24, 2.45) is 0 Å². The third kappa shape index (κ3) is 3.51. The largest absolute Gasteiger partial charge is 0.313 e. The van der Waals surface area contributed by atoms with E-state index in [1.54, 1.807) is 6.07 Å². The maximum absolute atomic E-state index is 6.18. The molecule has 0 aliphatic rings. The van der Waals surface area contributed by atoms with Crippen molar-refractivity contribution in [2.75, 3.05) is 7.05 Å². The molecule has 88 valence electrons. The lowest BCUT2D eigenvalue weighted by Crippen LogP contribution is -2.17. The van der Waals surface area contributed by atoms with Gasteiger partial charge in [-0.2, -0.15) is 0 Å². The van der Waals surface area contributed by atoms with E-state index < -0.39 is 0 Å². The maximum Gasteiger partial charge on any atom is 0.0468 e. The molecule has 3 heteroatoms.